The van der Waals surface area contributed by atoms with Crippen LogP contribution in [-0.2, 0) is 11.2 Å². The highest BCUT2D eigenvalue weighted by Gasteiger charge is 2.18. The van der Waals surface area contributed by atoms with Gasteiger partial charge in [0.1, 0.15) is 10.5 Å². The molecule has 0 unspecified atom stereocenters. The number of thioether (sulfide) groups is 1. The lowest BCUT2D eigenvalue weighted by Crippen LogP contribution is -2.34. The zero-order valence-corrected chi connectivity index (χ0v) is 20.0. The summed E-state index contributed by atoms with van der Waals surface area (Å²) in [4.78, 5) is 30.4. The number of carbonyl (C=O) groups is 1. The van der Waals surface area contributed by atoms with Crippen molar-refractivity contribution in [1.29, 1.82) is 0 Å². The molecule has 0 saturated carbocycles. The highest BCUT2D eigenvalue weighted by molar-refractivity contribution is 7.99. The highest BCUT2D eigenvalue weighted by Crippen LogP contribution is 2.25. The van der Waals surface area contributed by atoms with E-state index < -0.39 is 0 Å². The van der Waals surface area contributed by atoms with Gasteiger partial charge in [0.05, 0.1) is 17.0 Å². The first kappa shape index (κ1) is 23.2. The Hall–Kier alpha value is -2.97. The summed E-state index contributed by atoms with van der Waals surface area (Å²) in [5, 5.41) is 5.25. The summed E-state index contributed by atoms with van der Waals surface area (Å²) in [6.07, 6.45) is 1.72. The first-order valence-electron chi connectivity index (χ1n) is 10.6. The van der Waals surface area contributed by atoms with Crippen molar-refractivity contribution in [3.63, 3.8) is 0 Å². The van der Waals surface area contributed by atoms with Gasteiger partial charge in [-0.1, -0.05) is 42.1 Å². The molecule has 1 atom stereocenters. The van der Waals surface area contributed by atoms with Gasteiger partial charge < -0.3 is 5.32 Å². The maximum absolute atomic E-state index is 13.7. The van der Waals surface area contributed by atoms with E-state index in [0.29, 0.717) is 26.6 Å². The van der Waals surface area contributed by atoms with Gasteiger partial charge in [-0.15, -0.1) is 11.3 Å². The molecule has 170 valence electrons. The standard InChI is InChI=1S/C25H24FN3O2S2/c1-16-14-19(26)10-11-21(16)29-24(31)23-20(12-13-32-23)28-25(29)33-15-22(30)27-17(2)8-9-18-6-4-3-5-7-18/h3-7,10-14,17H,8-9,15H2,1-2H3,(H,27,30)/t17-/m1/s1. The molecule has 5 nitrogen and oxygen atoms in total. The van der Waals surface area contributed by atoms with Crippen LogP contribution in [0.15, 0.2) is 69.9 Å². The summed E-state index contributed by atoms with van der Waals surface area (Å²) in [6.45, 7) is 3.73. The molecule has 0 radical (unpaired) electrons. The molecule has 0 aliphatic carbocycles. The third-order valence-corrected chi connectivity index (χ3v) is 7.13. The van der Waals surface area contributed by atoms with Crippen LogP contribution in [-0.4, -0.2) is 27.3 Å². The molecular weight excluding hydrogens is 457 g/mol. The van der Waals surface area contributed by atoms with Crippen LogP contribution in [0, 0.1) is 12.7 Å². The van der Waals surface area contributed by atoms with E-state index in [1.54, 1.807) is 19.1 Å². The van der Waals surface area contributed by atoms with Crippen molar-refractivity contribution in [1.82, 2.24) is 14.9 Å². The molecule has 1 N–H and O–H groups in total. The highest BCUT2D eigenvalue weighted by atomic mass is 32.2. The lowest BCUT2D eigenvalue weighted by atomic mass is 10.1. The number of aromatic nitrogens is 2. The molecule has 33 heavy (non-hydrogen) atoms. The average Bonchev–Trinajstić information content (AvgIpc) is 3.27. The van der Waals surface area contributed by atoms with Crippen LogP contribution in [0.4, 0.5) is 4.39 Å². The van der Waals surface area contributed by atoms with Crippen molar-refractivity contribution < 1.29 is 9.18 Å². The smallest absolute Gasteiger partial charge is 0.276 e. The van der Waals surface area contributed by atoms with Gasteiger partial charge in [0.15, 0.2) is 5.16 Å². The second-order valence-electron chi connectivity index (χ2n) is 7.88. The Morgan fingerprint density at radius 3 is 2.76 bits per heavy atom. The maximum atomic E-state index is 13.7. The molecule has 1 amide bonds. The van der Waals surface area contributed by atoms with Gasteiger partial charge in [0, 0.05) is 6.04 Å². The number of halogens is 1. The van der Waals surface area contributed by atoms with Gasteiger partial charge in [0.25, 0.3) is 5.56 Å². The second-order valence-corrected chi connectivity index (χ2v) is 9.74. The normalized spacial score (nSPS) is 12.1. The number of aryl methyl sites for hydroxylation is 2. The van der Waals surface area contributed by atoms with Crippen LogP contribution in [0.5, 0.6) is 0 Å². The first-order chi connectivity index (χ1) is 15.9. The zero-order valence-electron chi connectivity index (χ0n) is 18.4. The Balaban J connectivity index is 1.50. The van der Waals surface area contributed by atoms with Crippen molar-refractivity contribution in [2.24, 2.45) is 0 Å². The van der Waals surface area contributed by atoms with Gasteiger partial charge in [-0.3, -0.25) is 14.2 Å². The monoisotopic (exact) mass is 481 g/mol. The Morgan fingerprint density at radius 1 is 1.21 bits per heavy atom. The summed E-state index contributed by atoms with van der Waals surface area (Å²) in [6, 6.07) is 16.2. The lowest BCUT2D eigenvalue weighted by Gasteiger charge is -2.16. The Bertz CT molecular complexity index is 1330. The van der Waals surface area contributed by atoms with Crippen molar-refractivity contribution in [3.8, 4) is 5.69 Å². The fourth-order valence-electron chi connectivity index (χ4n) is 3.62. The van der Waals surface area contributed by atoms with E-state index in [4.69, 9.17) is 0 Å². The summed E-state index contributed by atoms with van der Waals surface area (Å²) in [5.41, 5.74) is 2.79. The lowest BCUT2D eigenvalue weighted by molar-refractivity contribution is -0.119. The van der Waals surface area contributed by atoms with Crippen LogP contribution >= 0.6 is 23.1 Å². The van der Waals surface area contributed by atoms with E-state index in [0.717, 1.165) is 12.8 Å². The number of hydrogen-bond acceptors (Lipinski definition) is 5. The summed E-state index contributed by atoms with van der Waals surface area (Å²) in [7, 11) is 0. The number of nitrogens with one attached hydrogen (secondary N) is 1. The average molecular weight is 482 g/mol. The molecule has 0 bridgehead atoms. The summed E-state index contributed by atoms with van der Waals surface area (Å²) >= 11 is 2.52. The molecule has 2 aromatic heterocycles. The molecule has 4 rings (SSSR count). The van der Waals surface area contributed by atoms with Crippen LogP contribution in [0.1, 0.15) is 24.5 Å². The van der Waals surface area contributed by atoms with E-state index in [-0.39, 0.29) is 29.1 Å². The van der Waals surface area contributed by atoms with Crippen LogP contribution < -0.4 is 10.9 Å². The number of carbonyl (C=O) groups excluding carboxylic acids is 1. The van der Waals surface area contributed by atoms with Gasteiger partial charge in [-0.2, -0.15) is 0 Å². The number of fused-ring (bicyclic) bond motifs is 1. The maximum Gasteiger partial charge on any atom is 0.276 e. The molecule has 8 heteroatoms. The third-order valence-electron chi connectivity index (χ3n) is 5.30. The van der Waals surface area contributed by atoms with Gasteiger partial charge in [-0.05, 0) is 67.5 Å². The SMILES string of the molecule is Cc1cc(F)ccc1-n1c(SCC(=O)N[C@H](C)CCc2ccccc2)nc2ccsc2c1=O. The third kappa shape index (κ3) is 5.51. The van der Waals surface area contributed by atoms with E-state index in [1.165, 1.54) is 45.4 Å². The van der Waals surface area contributed by atoms with Crippen molar-refractivity contribution >= 4 is 39.2 Å². The minimum Gasteiger partial charge on any atom is -0.353 e. The van der Waals surface area contributed by atoms with Crippen molar-refractivity contribution in [2.75, 3.05) is 5.75 Å². The summed E-state index contributed by atoms with van der Waals surface area (Å²) < 4.78 is 15.7. The number of benzene rings is 2. The van der Waals surface area contributed by atoms with Crippen LogP contribution in [0.25, 0.3) is 15.9 Å². The van der Waals surface area contributed by atoms with E-state index in [1.807, 2.05) is 30.5 Å². The van der Waals surface area contributed by atoms with Gasteiger partial charge in [-0.25, -0.2) is 9.37 Å². The molecule has 0 saturated heterocycles. The molecule has 2 heterocycles. The molecule has 0 fully saturated rings. The topological polar surface area (TPSA) is 64.0 Å². The molecule has 2 aromatic carbocycles. The Morgan fingerprint density at radius 2 is 2.00 bits per heavy atom. The molecule has 0 spiro atoms. The number of thiophene rings is 1. The van der Waals surface area contributed by atoms with Gasteiger partial charge >= 0.3 is 0 Å². The molecule has 0 aliphatic rings. The largest absolute Gasteiger partial charge is 0.353 e. The number of rotatable bonds is 8. The Labute approximate surface area is 199 Å². The van der Waals surface area contributed by atoms with Gasteiger partial charge in [0.2, 0.25) is 5.91 Å². The number of hydrogen-bond donors (Lipinski definition) is 1. The number of amides is 1. The fraction of sp³-hybridized carbons (Fsp3) is 0.240. The minimum absolute atomic E-state index is 0.0205. The zero-order chi connectivity index (χ0) is 23.4. The van der Waals surface area contributed by atoms with E-state index in [9.17, 15) is 14.0 Å². The quantitative estimate of drug-likeness (QED) is 0.280. The second kappa shape index (κ2) is 10.3. The molecule has 0 aliphatic heterocycles. The molecular formula is C25H24FN3O2S2. The van der Waals surface area contributed by atoms with Crippen molar-refractivity contribution in [3.05, 3.63) is 87.3 Å². The van der Waals surface area contributed by atoms with Crippen molar-refractivity contribution in [2.45, 2.75) is 37.9 Å². The predicted octanol–water partition coefficient (Wildman–Crippen LogP) is 5.12. The van der Waals surface area contributed by atoms with Crippen LogP contribution in [0.2, 0.25) is 0 Å². The summed E-state index contributed by atoms with van der Waals surface area (Å²) in [5.74, 6) is -0.368. The first-order valence-corrected chi connectivity index (χ1v) is 12.5. The minimum atomic E-state index is -0.368. The predicted molar refractivity (Wildman–Crippen MR) is 133 cm³/mol. The fourth-order valence-corrected chi connectivity index (χ4v) is 5.19. The number of nitrogens with zero attached hydrogens (tertiary/aromatic N) is 2. The van der Waals surface area contributed by atoms with Crippen LogP contribution in [0.3, 0.4) is 0 Å². The van der Waals surface area contributed by atoms with E-state index >= 15 is 0 Å². The molecule has 4 aromatic rings. The van der Waals surface area contributed by atoms with E-state index in [2.05, 4.69) is 22.4 Å². The Kier molecular flexibility index (Phi) is 7.25.